The maximum Gasteiger partial charge on any atom is 0.224 e. The average molecular weight is 473 g/mol. The highest BCUT2D eigenvalue weighted by atomic mass is 16.5. The van der Waals surface area contributed by atoms with Gasteiger partial charge in [-0.1, -0.05) is 51.9 Å². The summed E-state index contributed by atoms with van der Waals surface area (Å²) >= 11 is 0. The minimum Gasteiger partial charge on any atom is -0.378 e. The zero-order valence-electron chi connectivity index (χ0n) is 21.1. The summed E-state index contributed by atoms with van der Waals surface area (Å²) in [6.07, 6.45) is 12.7. The van der Waals surface area contributed by atoms with Crippen molar-refractivity contribution in [2.24, 2.45) is 17.8 Å². The molecule has 0 aromatic rings. The Hall–Kier alpha value is -1.65. The van der Waals surface area contributed by atoms with E-state index in [9.17, 15) is 14.9 Å². The van der Waals surface area contributed by atoms with Crippen LogP contribution in [0.1, 0.15) is 84.0 Å². The smallest absolute Gasteiger partial charge is 0.224 e. The fourth-order valence-electron chi connectivity index (χ4n) is 6.78. The van der Waals surface area contributed by atoms with Crippen molar-refractivity contribution in [1.29, 1.82) is 5.26 Å². The number of nitrogens with one attached hydrogen (secondary N) is 1. The summed E-state index contributed by atoms with van der Waals surface area (Å²) < 4.78 is 5.39. The molecule has 4 fully saturated rings. The Morgan fingerprint density at radius 1 is 1.06 bits per heavy atom. The van der Waals surface area contributed by atoms with Crippen LogP contribution >= 0.6 is 0 Å². The Labute approximate surface area is 205 Å². The quantitative estimate of drug-likeness (QED) is 0.613. The minimum absolute atomic E-state index is 0.0503. The third-order valence-electron chi connectivity index (χ3n) is 8.91. The number of nitrogens with zero attached hydrogens (tertiary/aromatic N) is 3. The van der Waals surface area contributed by atoms with Crippen molar-refractivity contribution in [3.8, 4) is 6.07 Å². The second-order valence-electron chi connectivity index (χ2n) is 11.4. The van der Waals surface area contributed by atoms with E-state index in [1.807, 2.05) is 4.90 Å². The van der Waals surface area contributed by atoms with Gasteiger partial charge in [-0.25, -0.2) is 0 Å². The SMILES string of the molecule is CC1CCCCC1N1CCC(C#N)(NC(=O)C(CC(=O)N2CCOCC2)CC2CCCCC2)C1. The van der Waals surface area contributed by atoms with Crippen molar-refractivity contribution in [1.82, 2.24) is 15.1 Å². The van der Waals surface area contributed by atoms with Gasteiger partial charge in [-0.3, -0.25) is 14.5 Å². The molecule has 7 heteroatoms. The van der Waals surface area contributed by atoms with Gasteiger partial charge in [-0.2, -0.15) is 5.26 Å². The molecule has 0 aromatic carbocycles. The summed E-state index contributed by atoms with van der Waals surface area (Å²) in [5.41, 5.74) is -0.832. The summed E-state index contributed by atoms with van der Waals surface area (Å²) in [6.45, 7) is 6.14. The molecule has 0 spiro atoms. The van der Waals surface area contributed by atoms with Crippen LogP contribution in [-0.2, 0) is 14.3 Å². The van der Waals surface area contributed by atoms with Crippen molar-refractivity contribution in [2.45, 2.75) is 95.6 Å². The first-order chi connectivity index (χ1) is 16.5. The number of carbonyl (C=O) groups excluding carboxylic acids is 2. The highest BCUT2D eigenvalue weighted by Crippen LogP contribution is 2.34. The molecule has 2 heterocycles. The predicted molar refractivity (Wildman–Crippen MR) is 131 cm³/mol. The fourth-order valence-corrected chi connectivity index (χ4v) is 6.78. The van der Waals surface area contributed by atoms with Crippen LogP contribution in [0.5, 0.6) is 0 Å². The van der Waals surface area contributed by atoms with Crippen LogP contribution in [0, 0.1) is 29.1 Å². The molecule has 4 atom stereocenters. The third kappa shape index (κ3) is 6.31. The van der Waals surface area contributed by atoms with Crippen molar-refractivity contribution < 1.29 is 14.3 Å². The Kier molecular flexibility index (Phi) is 8.87. The molecule has 190 valence electrons. The van der Waals surface area contributed by atoms with Crippen LogP contribution in [0.2, 0.25) is 0 Å². The summed E-state index contributed by atoms with van der Waals surface area (Å²) in [5, 5.41) is 13.3. The van der Waals surface area contributed by atoms with Gasteiger partial charge in [0.15, 0.2) is 0 Å². The van der Waals surface area contributed by atoms with E-state index < -0.39 is 5.54 Å². The average Bonchev–Trinajstić information content (AvgIpc) is 3.29. The van der Waals surface area contributed by atoms with Gasteiger partial charge in [0.2, 0.25) is 11.8 Å². The Balaban J connectivity index is 1.41. The molecule has 7 nitrogen and oxygen atoms in total. The number of rotatable bonds is 7. The van der Waals surface area contributed by atoms with E-state index in [2.05, 4.69) is 23.2 Å². The van der Waals surface area contributed by atoms with Crippen LogP contribution in [0.4, 0.5) is 0 Å². The molecule has 4 unspecified atom stereocenters. The number of morpholine rings is 1. The van der Waals surface area contributed by atoms with E-state index in [0.717, 1.165) is 25.8 Å². The molecule has 0 aromatic heterocycles. The van der Waals surface area contributed by atoms with Crippen LogP contribution in [0.25, 0.3) is 0 Å². The van der Waals surface area contributed by atoms with Gasteiger partial charge in [0.1, 0.15) is 5.54 Å². The Morgan fingerprint density at radius 2 is 1.76 bits per heavy atom. The largest absolute Gasteiger partial charge is 0.378 e. The number of likely N-dealkylation sites (tertiary alicyclic amines) is 1. The zero-order chi connectivity index (χ0) is 24.0. The molecule has 4 rings (SSSR count). The molecule has 2 aliphatic carbocycles. The Morgan fingerprint density at radius 3 is 2.47 bits per heavy atom. The monoisotopic (exact) mass is 472 g/mol. The van der Waals surface area contributed by atoms with Crippen molar-refractivity contribution in [3.05, 3.63) is 0 Å². The van der Waals surface area contributed by atoms with Crippen LogP contribution < -0.4 is 5.32 Å². The lowest BCUT2D eigenvalue weighted by Crippen LogP contribution is -2.53. The molecule has 2 saturated heterocycles. The Bertz CT molecular complexity index is 741. The maximum atomic E-state index is 13.6. The topological polar surface area (TPSA) is 85.7 Å². The summed E-state index contributed by atoms with van der Waals surface area (Å²) in [6, 6.07) is 3.00. The second-order valence-corrected chi connectivity index (χ2v) is 11.4. The number of nitriles is 1. The molecule has 34 heavy (non-hydrogen) atoms. The number of amides is 2. The van der Waals surface area contributed by atoms with Crippen LogP contribution in [-0.4, -0.2) is 72.6 Å². The standard InChI is InChI=1S/C27H44N4O3/c1-21-7-5-6-10-24(21)31-12-11-27(19-28,20-31)29-26(33)23(17-22-8-3-2-4-9-22)18-25(32)30-13-15-34-16-14-30/h21-24H,2-18,20H2,1H3,(H,29,33). The van der Waals surface area contributed by atoms with Crippen LogP contribution in [0.15, 0.2) is 0 Å². The van der Waals surface area contributed by atoms with Gasteiger partial charge >= 0.3 is 0 Å². The van der Waals surface area contributed by atoms with Gasteiger partial charge in [0.25, 0.3) is 0 Å². The summed E-state index contributed by atoms with van der Waals surface area (Å²) in [7, 11) is 0. The third-order valence-corrected chi connectivity index (χ3v) is 8.91. The van der Waals surface area contributed by atoms with Crippen molar-refractivity contribution in [3.63, 3.8) is 0 Å². The first kappa shape index (κ1) is 25.4. The van der Waals surface area contributed by atoms with E-state index in [4.69, 9.17) is 4.74 Å². The van der Waals surface area contributed by atoms with E-state index in [0.29, 0.717) is 57.1 Å². The lowest BCUT2D eigenvalue weighted by molar-refractivity contribution is -0.140. The molecule has 4 aliphatic rings. The van der Waals surface area contributed by atoms with Gasteiger partial charge in [0.05, 0.1) is 19.3 Å². The van der Waals surface area contributed by atoms with E-state index >= 15 is 0 Å². The normalized spacial score (nSPS) is 32.2. The molecule has 2 aliphatic heterocycles. The first-order valence-corrected chi connectivity index (χ1v) is 13.8. The van der Waals surface area contributed by atoms with Gasteiger partial charge in [-0.05, 0) is 37.5 Å². The zero-order valence-corrected chi connectivity index (χ0v) is 21.1. The van der Waals surface area contributed by atoms with Crippen LogP contribution in [0.3, 0.4) is 0 Å². The van der Waals surface area contributed by atoms with Crippen molar-refractivity contribution >= 4 is 11.8 Å². The maximum absolute atomic E-state index is 13.6. The minimum atomic E-state index is -0.832. The van der Waals surface area contributed by atoms with Gasteiger partial charge in [-0.15, -0.1) is 0 Å². The van der Waals surface area contributed by atoms with E-state index in [1.54, 1.807) is 0 Å². The number of ether oxygens (including phenoxy) is 1. The molecular formula is C27H44N4O3. The molecule has 2 saturated carbocycles. The number of hydrogen-bond acceptors (Lipinski definition) is 5. The summed E-state index contributed by atoms with van der Waals surface area (Å²) in [5.74, 6) is 0.750. The second kappa shape index (κ2) is 11.9. The lowest BCUT2D eigenvalue weighted by atomic mass is 9.81. The first-order valence-electron chi connectivity index (χ1n) is 13.8. The van der Waals surface area contributed by atoms with Gasteiger partial charge in [0, 0.05) is 44.6 Å². The number of carbonyl (C=O) groups is 2. The van der Waals surface area contributed by atoms with Gasteiger partial charge < -0.3 is 15.0 Å². The van der Waals surface area contributed by atoms with Crippen molar-refractivity contribution in [2.75, 3.05) is 39.4 Å². The molecular weight excluding hydrogens is 428 g/mol. The van der Waals surface area contributed by atoms with E-state index in [1.165, 1.54) is 44.9 Å². The number of hydrogen-bond donors (Lipinski definition) is 1. The molecule has 0 radical (unpaired) electrons. The molecule has 2 amide bonds. The molecule has 1 N–H and O–H groups in total. The highest BCUT2D eigenvalue weighted by molar-refractivity contribution is 5.86. The lowest BCUT2D eigenvalue weighted by Gasteiger charge is -2.37. The fraction of sp³-hybridized carbons (Fsp3) is 0.889. The highest BCUT2D eigenvalue weighted by Gasteiger charge is 2.44. The summed E-state index contributed by atoms with van der Waals surface area (Å²) in [4.78, 5) is 31.0. The molecule has 0 bridgehead atoms. The van der Waals surface area contributed by atoms with E-state index in [-0.39, 0.29) is 24.2 Å². The predicted octanol–water partition coefficient (Wildman–Crippen LogP) is 3.48.